The summed E-state index contributed by atoms with van der Waals surface area (Å²) in [6, 6.07) is 11.0. The third-order valence-corrected chi connectivity index (χ3v) is 6.83. The van der Waals surface area contributed by atoms with Crippen molar-refractivity contribution < 1.29 is 14.3 Å². The molecule has 0 unspecified atom stereocenters. The van der Waals surface area contributed by atoms with E-state index in [1.807, 2.05) is 34.6 Å². The van der Waals surface area contributed by atoms with Gasteiger partial charge in [-0.2, -0.15) is 0 Å². The van der Waals surface area contributed by atoms with E-state index in [0.717, 1.165) is 12.8 Å². The molecule has 0 bridgehead atoms. The Morgan fingerprint density at radius 1 is 1.36 bits per heavy atom. The van der Waals surface area contributed by atoms with Gasteiger partial charge in [0.15, 0.2) is 0 Å². The van der Waals surface area contributed by atoms with Crippen LogP contribution in [-0.4, -0.2) is 49.5 Å². The van der Waals surface area contributed by atoms with Crippen LogP contribution < -0.4 is 0 Å². The average Bonchev–Trinajstić information content (AvgIpc) is 3.03. The van der Waals surface area contributed by atoms with Crippen molar-refractivity contribution in [3.05, 3.63) is 34.8 Å². The maximum absolute atomic E-state index is 12.7. The molecular formula is C20H27NO3Se. The van der Waals surface area contributed by atoms with Gasteiger partial charge in [0, 0.05) is 0 Å². The van der Waals surface area contributed by atoms with Crippen molar-refractivity contribution in [1.29, 1.82) is 0 Å². The third kappa shape index (κ3) is 4.28. The van der Waals surface area contributed by atoms with Crippen molar-refractivity contribution in [2.75, 3.05) is 6.61 Å². The number of amides is 1. The van der Waals surface area contributed by atoms with Gasteiger partial charge in [-0.05, 0) is 0 Å². The summed E-state index contributed by atoms with van der Waals surface area (Å²) in [4.78, 5) is 14.5. The van der Waals surface area contributed by atoms with Gasteiger partial charge in [-0.1, -0.05) is 0 Å². The van der Waals surface area contributed by atoms with Crippen molar-refractivity contribution in [3.63, 3.8) is 0 Å². The van der Waals surface area contributed by atoms with E-state index in [-0.39, 0.29) is 12.1 Å². The van der Waals surface area contributed by atoms with Gasteiger partial charge in [0.1, 0.15) is 0 Å². The Morgan fingerprint density at radius 2 is 2.08 bits per heavy atom. The molecule has 1 aliphatic heterocycles. The first-order chi connectivity index (χ1) is 11.7. The number of rotatable bonds is 3. The van der Waals surface area contributed by atoms with E-state index >= 15 is 0 Å². The molecule has 1 amide bonds. The molecule has 136 valence electrons. The fourth-order valence-electron chi connectivity index (χ4n) is 3.25. The SMILES string of the molecule is CC(C)(C)OC(=O)N1[C@@H](CCc2cc3ccccc3[se]2)COC1(C)C. The summed E-state index contributed by atoms with van der Waals surface area (Å²) < 4.78 is 14.4. The first-order valence-corrected chi connectivity index (χ1v) is 10.5. The van der Waals surface area contributed by atoms with Crippen LogP contribution in [0, 0.1) is 0 Å². The molecule has 0 aliphatic carbocycles. The molecule has 0 saturated carbocycles. The molecular weight excluding hydrogens is 381 g/mol. The monoisotopic (exact) mass is 409 g/mol. The number of benzene rings is 1. The molecule has 1 aromatic heterocycles. The van der Waals surface area contributed by atoms with E-state index in [9.17, 15) is 4.79 Å². The molecule has 25 heavy (non-hydrogen) atoms. The molecule has 1 saturated heterocycles. The van der Waals surface area contributed by atoms with E-state index in [1.54, 1.807) is 4.90 Å². The molecule has 1 aromatic carbocycles. The average molecular weight is 408 g/mol. The van der Waals surface area contributed by atoms with E-state index in [0.29, 0.717) is 21.1 Å². The summed E-state index contributed by atoms with van der Waals surface area (Å²) in [5, 5.41) is 1.35. The topological polar surface area (TPSA) is 38.8 Å². The number of carbonyl (C=O) groups is 1. The zero-order chi connectivity index (χ0) is 18.2. The minimum atomic E-state index is -0.620. The Labute approximate surface area is 155 Å². The quantitative estimate of drug-likeness (QED) is 0.715. The second-order valence-electron chi connectivity index (χ2n) is 8.05. The number of hydrogen-bond acceptors (Lipinski definition) is 3. The molecule has 5 heteroatoms. The van der Waals surface area contributed by atoms with Gasteiger partial charge in [-0.15, -0.1) is 0 Å². The summed E-state index contributed by atoms with van der Waals surface area (Å²) in [7, 11) is 0. The number of ether oxygens (including phenoxy) is 2. The summed E-state index contributed by atoms with van der Waals surface area (Å²) in [5.74, 6) is 0. The molecule has 1 aliphatic rings. The number of fused-ring (bicyclic) bond motifs is 1. The maximum atomic E-state index is 12.7. The molecule has 0 spiro atoms. The normalized spacial score (nSPS) is 20.2. The summed E-state index contributed by atoms with van der Waals surface area (Å²) in [6.45, 7) is 10.1. The Kier molecular flexibility index (Phi) is 5.02. The van der Waals surface area contributed by atoms with Gasteiger partial charge < -0.3 is 0 Å². The number of carbonyl (C=O) groups excluding carboxylic acids is 1. The first-order valence-electron chi connectivity index (χ1n) is 8.79. The fourth-order valence-corrected chi connectivity index (χ4v) is 5.51. The van der Waals surface area contributed by atoms with Crippen molar-refractivity contribution in [2.45, 2.75) is 64.8 Å². The van der Waals surface area contributed by atoms with Gasteiger partial charge in [-0.3, -0.25) is 0 Å². The zero-order valence-corrected chi connectivity index (χ0v) is 17.4. The molecule has 3 rings (SSSR count). The van der Waals surface area contributed by atoms with Crippen LogP contribution in [0.5, 0.6) is 0 Å². The van der Waals surface area contributed by atoms with Gasteiger partial charge in [0.25, 0.3) is 0 Å². The molecule has 1 atom stereocenters. The predicted octanol–water partition coefficient (Wildman–Crippen LogP) is 4.20. The Balaban J connectivity index is 1.70. The van der Waals surface area contributed by atoms with Crippen LogP contribution in [0.3, 0.4) is 0 Å². The fraction of sp³-hybridized carbons (Fsp3) is 0.550. The second-order valence-corrected chi connectivity index (χ2v) is 10.5. The van der Waals surface area contributed by atoms with Crippen molar-refractivity contribution in [1.82, 2.24) is 4.90 Å². The van der Waals surface area contributed by atoms with Crippen LogP contribution in [0.15, 0.2) is 30.3 Å². The molecule has 0 N–H and O–H groups in total. The van der Waals surface area contributed by atoms with Gasteiger partial charge in [0.05, 0.1) is 0 Å². The van der Waals surface area contributed by atoms with Crippen LogP contribution in [0.2, 0.25) is 0 Å². The minimum absolute atomic E-state index is 0.0604. The van der Waals surface area contributed by atoms with Crippen molar-refractivity contribution in [3.8, 4) is 0 Å². The Morgan fingerprint density at radius 3 is 2.76 bits per heavy atom. The van der Waals surface area contributed by atoms with Crippen LogP contribution >= 0.6 is 0 Å². The summed E-state index contributed by atoms with van der Waals surface area (Å²) >= 11 is 0.405. The van der Waals surface area contributed by atoms with E-state index in [1.165, 1.54) is 14.1 Å². The third-order valence-electron chi connectivity index (χ3n) is 4.36. The first kappa shape index (κ1) is 18.5. The van der Waals surface area contributed by atoms with Gasteiger partial charge in [0.2, 0.25) is 0 Å². The predicted molar refractivity (Wildman–Crippen MR) is 101 cm³/mol. The molecule has 1 fully saturated rings. The van der Waals surface area contributed by atoms with E-state index < -0.39 is 11.3 Å². The van der Waals surface area contributed by atoms with Gasteiger partial charge in [-0.25, -0.2) is 0 Å². The Hall–Kier alpha value is -1.29. The van der Waals surface area contributed by atoms with Crippen LogP contribution in [0.1, 0.15) is 45.5 Å². The second kappa shape index (κ2) is 6.79. The molecule has 0 radical (unpaired) electrons. The van der Waals surface area contributed by atoms with Crippen LogP contribution in [-0.2, 0) is 15.9 Å². The van der Waals surface area contributed by atoms with Crippen molar-refractivity contribution >= 4 is 30.2 Å². The standard InChI is InChI=1S/C20H27NO3Se/c1-19(2,3)24-18(22)21-15(13-23-20(21,4)5)10-11-16-12-14-8-6-7-9-17(14)25-16/h6-9,12,15H,10-11,13H2,1-5H3/t15-/m0/s1. The summed E-state index contributed by atoms with van der Waals surface area (Å²) in [6.07, 6.45) is 1.62. The summed E-state index contributed by atoms with van der Waals surface area (Å²) in [5.41, 5.74) is -1.12. The van der Waals surface area contributed by atoms with Crippen LogP contribution in [0.25, 0.3) is 9.65 Å². The molecule has 2 heterocycles. The number of aryl methyl sites for hydroxylation is 1. The molecule has 4 nitrogen and oxygen atoms in total. The van der Waals surface area contributed by atoms with Crippen molar-refractivity contribution in [2.24, 2.45) is 0 Å². The Bertz CT molecular complexity index is 727. The zero-order valence-electron chi connectivity index (χ0n) is 15.7. The van der Waals surface area contributed by atoms with E-state index in [2.05, 4.69) is 30.3 Å². The number of nitrogens with zero attached hydrogens (tertiary/aromatic N) is 1. The van der Waals surface area contributed by atoms with Gasteiger partial charge >= 0.3 is 156 Å². The van der Waals surface area contributed by atoms with Crippen LogP contribution in [0.4, 0.5) is 4.79 Å². The molecule has 2 aromatic rings. The number of hydrogen-bond donors (Lipinski definition) is 0. The van der Waals surface area contributed by atoms with E-state index in [4.69, 9.17) is 9.47 Å².